The molecule has 5 nitrogen and oxygen atoms in total. The minimum Gasteiger partial charge on any atom is -0.394 e. The highest BCUT2D eigenvalue weighted by molar-refractivity contribution is 6.28. The predicted octanol–water partition coefficient (Wildman–Crippen LogP) is 2.64. The number of aromatic nitrogens is 2. The number of benzene rings is 1. The third-order valence-corrected chi connectivity index (χ3v) is 2.61. The van der Waals surface area contributed by atoms with Gasteiger partial charge in [-0.15, -0.1) is 0 Å². The first-order valence-electron chi connectivity index (χ1n) is 5.16. The zero-order valence-electron chi connectivity index (χ0n) is 9.61. The Bertz CT molecular complexity index is 633. The van der Waals surface area contributed by atoms with Gasteiger partial charge in [0.1, 0.15) is 6.07 Å². The van der Waals surface area contributed by atoms with Crippen molar-refractivity contribution in [1.29, 1.82) is 5.26 Å². The molecule has 90 valence electrons. The van der Waals surface area contributed by atoms with E-state index >= 15 is 0 Å². The zero-order chi connectivity index (χ0) is 13.1. The lowest BCUT2D eigenvalue weighted by Gasteiger charge is -2.10. The van der Waals surface area contributed by atoms with E-state index in [1.807, 2.05) is 19.1 Å². The second kappa shape index (κ2) is 4.90. The van der Waals surface area contributed by atoms with E-state index < -0.39 is 0 Å². The lowest BCUT2D eigenvalue weighted by Crippen LogP contribution is -2.02. The SMILES string of the molecule is Cc1cccc(Nc2nc(Cl)ncc2N)c1C#N. The number of nitriles is 1. The van der Waals surface area contributed by atoms with Crippen molar-refractivity contribution in [2.45, 2.75) is 6.92 Å². The molecular weight excluding hydrogens is 250 g/mol. The normalized spacial score (nSPS) is 9.83. The lowest BCUT2D eigenvalue weighted by atomic mass is 10.1. The van der Waals surface area contributed by atoms with Crippen molar-refractivity contribution in [3.05, 3.63) is 40.8 Å². The van der Waals surface area contributed by atoms with E-state index in [0.29, 0.717) is 22.8 Å². The molecule has 1 aromatic carbocycles. The van der Waals surface area contributed by atoms with E-state index in [9.17, 15) is 0 Å². The van der Waals surface area contributed by atoms with Crippen LogP contribution >= 0.6 is 11.6 Å². The van der Waals surface area contributed by atoms with E-state index in [4.69, 9.17) is 22.6 Å². The molecule has 18 heavy (non-hydrogen) atoms. The van der Waals surface area contributed by atoms with Crippen molar-refractivity contribution in [3.63, 3.8) is 0 Å². The minimum absolute atomic E-state index is 0.0952. The molecule has 2 aromatic rings. The quantitative estimate of drug-likeness (QED) is 0.810. The van der Waals surface area contributed by atoms with Crippen LogP contribution in [0.3, 0.4) is 0 Å². The summed E-state index contributed by atoms with van der Waals surface area (Å²) in [6.45, 7) is 1.86. The van der Waals surface area contributed by atoms with Crippen molar-refractivity contribution < 1.29 is 0 Å². The van der Waals surface area contributed by atoms with E-state index in [0.717, 1.165) is 5.56 Å². The summed E-state index contributed by atoms with van der Waals surface area (Å²) in [5.74, 6) is 0.386. The van der Waals surface area contributed by atoms with Gasteiger partial charge in [-0.25, -0.2) is 4.98 Å². The zero-order valence-corrected chi connectivity index (χ0v) is 10.4. The Hall–Kier alpha value is -2.32. The summed E-state index contributed by atoms with van der Waals surface area (Å²) in [6, 6.07) is 7.62. The van der Waals surface area contributed by atoms with Crippen LogP contribution in [0.15, 0.2) is 24.4 Å². The summed E-state index contributed by atoms with van der Waals surface area (Å²) in [5, 5.41) is 12.2. The smallest absolute Gasteiger partial charge is 0.224 e. The average molecular weight is 260 g/mol. The molecule has 0 atom stereocenters. The summed E-state index contributed by atoms with van der Waals surface area (Å²) < 4.78 is 0. The molecule has 0 unspecified atom stereocenters. The van der Waals surface area contributed by atoms with Crippen LogP contribution < -0.4 is 11.1 Å². The molecule has 0 saturated carbocycles. The molecule has 0 bridgehead atoms. The number of nitrogens with one attached hydrogen (secondary N) is 1. The highest BCUT2D eigenvalue weighted by Gasteiger charge is 2.08. The number of hydrogen-bond donors (Lipinski definition) is 2. The summed E-state index contributed by atoms with van der Waals surface area (Å²) >= 11 is 5.71. The topological polar surface area (TPSA) is 87.6 Å². The van der Waals surface area contributed by atoms with Gasteiger partial charge in [0.25, 0.3) is 0 Å². The number of anilines is 3. The van der Waals surface area contributed by atoms with E-state index in [-0.39, 0.29) is 5.28 Å². The first-order valence-corrected chi connectivity index (χ1v) is 5.54. The second-order valence-electron chi connectivity index (χ2n) is 3.68. The lowest BCUT2D eigenvalue weighted by molar-refractivity contribution is 1.17. The van der Waals surface area contributed by atoms with Crippen molar-refractivity contribution in [2.24, 2.45) is 0 Å². The van der Waals surface area contributed by atoms with Gasteiger partial charge < -0.3 is 11.1 Å². The van der Waals surface area contributed by atoms with Crippen LogP contribution in [0, 0.1) is 18.3 Å². The summed E-state index contributed by atoms with van der Waals surface area (Å²) in [7, 11) is 0. The summed E-state index contributed by atoms with van der Waals surface area (Å²) in [4.78, 5) is 7.75. The maximum atomic E-state index is 9.12. The summed E-state index contributed by atoms with van der Waals surface area (Å²) in [5.41, 5.74) is 8.17. The van der Waals surface area contributed by atoms with Gasteiger partial charge >= 0.3 is 0 Å². The number of nitrogen functional groups attached to an aromatic ring is 1. The van der Waals surface area contributed by atoms with Crippen molar-refractivity contribution in [1.82, 2.24) is 9.97 Å². The van der Waals surface area contributed by atoms with Gasteiger partial charge in [0.2, 0.25) is 5.28 Å². The molecule has 2 rings (SSSR count). The van der Waals surface area contributed by atoms with Crippen LogP contribution in [-0.2, 0) is 0 Å². The Labute approximate surface area is 109 Å². The molecule has 0 fully saturated rings. The number of halogens is 1. The molecule has 0 aliphatic heterocycles. The molecule has 1 heterocycles. The van der Waals surface area contributed by atoms with Gasteiger partial charge in [-0.05, 0) is 30.2 Å². The molecule has 0 radical (unpaired) electrons. The Morgan fingerprint density at radius 1 is 1.44 bits per heavy atom. The van der Waals surface area contributed by atoms with E-state index in [2.05, 4.69) is 21.4 Å². The van der Waals surface area contributed by atoms with Crippen LogP contribution in [-0.4, -0.2) is 9.97 Å². The molecule has 0 aliphatic carbocycles. The number of nitrogens with zero attached hydrogens (tertiary/aromatic N) is 3. The first kappa shape index (κ1) is 12.1. The van der Waals surface area contributed by atoms with Gasteiger partial charge in [-0.1, -0.05) is 12.1 Å². The van der Waals surface area contributed by atoms with Gasteiger partial charge in [-0.2, -0.15) is 10.2 Å². The second-order valence-corrected chi connectivity index (χ2v) is 4.02. The van der Waals surface area contributed by atoms with Gasteiger partial charge in [0.15, 0.2) is 5.82 Å². The third kappa shape index (κ3) is 2.34. The standard InChI is InChI=1S/C12H10ClN5/c1-7-3-2-4-10(8(7)5-14)17-11-9(15)6-16-12(13)18-11/h2-4,6H,15H2,1H3,(H,16,17,18). The maximum absolute atomic E-state index is 9.12. The first-order chi connectivity index (χ1) is 8.61. The monoisotopic (exact) mass is 259 g/mol. The highest BCUT2D eigenvalue weighted by Crippen LogP contribution is 2.25. The number of rotatable bonds is 2. The highest BCUT2D eigenvalue weighted by atomic mass is 35.5. The predicted molar refractivity (Wildman–Crippen MR) is 70.6 cm³/mol. The maximum Gasteiger partial charge on any atom is 0.224 e. The van der Waals surface area contributed by atoms with Crippen molar-refractivity contribution in [3.8, 4) is 6.07 Å². The fourth-order valence-electron chi connectivity index (χ4n) is 1.52. The largest absolute Gasteiger partial charge is 0.394 e. The summed E-state index contributed by atoms with van der Waals surface area (Å²) in [6.07, 6.45) is 1.42. The van der Waals surface area contributed by atoms with Crippen molar-refractivity contribution in [2.75, 3.05) is 11.1 Å². The molecule has 1 aromatic heterocycles. The Morgan fingerprint density at radius 2 is 2.22 bits per heavy atom. The molecule has 0 aliphatic rings. The van der Waals surface area contributed by atoms with Gasteiger partial charge in [0, 0.05) is 0 Å². The van der Waals surface area contributed by atoms with Crippen molar-refractivity contribution >= 4 is 28.8 Å². The van der Waals surface area contributed by atoms with Crippen LogP contribution in [0.25, 0.3) is 0 Å². The Kier molecular flexibility index (Phi) is 3.31. The molecule has 3 N–H and O–H groups in total. The van der Waals surface area contributed by atoms with Crippen LogP contribution in [0.5, 0.6) is 0 Å². The molecule has 0 saturated heterocycles. The number of hydrogen-bond acceptors (Lipinski definition) is 5. The number of aryl methyl sites for hydroxylation is 1. The molecule has 0 amide bonds. The molecular formula is C12H10ClN5. The molecule has 0 spiro atoms. The fourth-order valence-corrected chi connectivity index (χ4v) is 1.65. The number of nitrogens with two attached hydrogens (primary N) is 1. The average Bonchev–Trinajstić information content (AvgIpc) is 2.34. The van der Waals surface area contributed by atoms with E-state index in [1.165, 1.54) is 6.20 Å². The molecule has 6 heteroatoms. The Morgan fingerprint density at radius 3 is 2.94 bits per heavy atom. The van der Waals surface area contributed by atoms with Gasteiger partial charge in [-0.3, -0.25) is 0 Å². The third-order valence-electron chi connectivity index (χ3n) is 2.43. The van der Waals surface area contributed by atoms with Crippen LogP contribution in [0.1, 0.15) is 11.1 Å². The van der Waals surface area contributed by atoms with Gasteiger partial charge in [0.05, 0.1) is 23.1 Å². The minimum atomic E-state index is 0.0952. The van der Waals surface area contributed by atoms with Crippen LogP contribution in [0.2, 0.25) is 5.28 Å². The van der Waals surface area contributed by atoms with Crippen LogP contribution in [0.4, 0.5) is 17.2 Å². The van der Waals surface area contributed by atoms with E-state index in [1.54, 1.807) is 6.07 Å². The fraction of sp³-hybridized carbons (Fsp3) is 0.0833. The Balaban J connectivity index is 2.44.